The van der Waals surface area contributed by atoms with E-state index in [9.17, 15) is 0 Å². The van der Waals surface area contributed by atoms with Crippen molar-refractivity contribution >= 4 is 0 Å². The molecule has 0 fully saturated rings. The van der Waals surface area contributed by atoms with Crippen LogP contribution in [0.2, 0.25) is 0 Å². The van der Waals surface area contributed by atoms with Gasteiger partial charge in [-0.25, -0.2) is 0 Å². The minimum absolute atomic E-state index is 0.521. The minimum Gasteiger partial charge on any atom is -0.328 e. The van der Waals surface area contributed by atoms with E-state index in [0.717, 1.165) is 0 Å². The van der Waals surface area contributed by atoms with Crippen LogP contribution in [0.1, 0.15) is 34.6 Å². The van der Waals surface area contributed by atoms with E-state index in [-0.39, 0.29) is 0 Å². The number of hydrogen-bond donors (Lipinski definition) is 0. The monoisotopic (exact) mass is 139 g/mol. The van der Waals surface area contributed by atoms with Gasteiger partial charge in [-0.2, -0.15) is 0 Å². The van der Waals surface area contributed by atoms with Crippen LogP contribution in [-0.2, 0) is 0 Å². The van der Waals surface area contributed by atoms with Crippen molar-refractivity contribution in [3.63, 3.8) is 0 Å². The molecule has 0 aromatic rings. The standard InChI is InChI=1S/C9H17N/c1-6-7-10(8(2)3)9(4)5/h8-9H,1-5H3. The topological polar surface area (TPSA) is 3.24 Å². The zero-order valence-corrected chi connectivity index (χ0v) is 7.60. The molecule has 0 N–H and O–H groups in total. The Bertz CT molecular complexity index is 129. The van der Waals surface area contributed by atoms with E-state index in [1.54, 1.807) is 0 Å². The van der Waals surface area contributed by atoms with E-state index in [2.05, 4.69) is 44.6 Å². The number of nitrogens with zero attached hydrogens (tertiary/aromatic N) is 1. The van der Waals surface area contributed by atoms with Gasteiger partial charge in [-0.3, -0.25) is 0 Å². The second-order valence-electron chi connectivity index (χ2n) is 2.96. The quantitative estimate of drug-likeness (QED) is 0.418. The van der Waals surface area contributed by atoms with Gasteiger partial charge >= 0.3 is 0 Å². The molecule has 10 heavy (non-hydrogen) atoms. The molecule has 0 saturated carbocycles. The molecule has 0 aliphatic rings. The normalized spacial score (nSPS) is 9.50. The lowest BCUT2D eigenvalue weighted by molar-refractivity contribution is 0.274. The molecular weight excluding hydrogens is 122 g/mol. The van der Waals surface area contributed by atoms with E-state index < -0.39 is 0 Å². The minimum atomic E-state index is 0.521. The van der Waals surface area contributed by atoms with Gasteiger partial charge in [-0.05, 0) is 34.6 Å². The van der Waals surface area contributed by atoms with Gasteiger partial charge in [-0.15, -0.1) is 0 Å². The number of rotatable bonds is 2. The molecule has 0 aromatic heterocycles. The van der Waals surface area contributed by atoms with Crippen molar-refractivity contribution in [3.05, 3.63) is 0 Å². The van der Waals surface area contributed by atoms with Crippen molar-refractivity contribution in [2.24, 2.45) is 0 Å². The smallest absolute Gasteiger partial charge is 0.0317 e. The third kappa shape index (κ3) is 2.77. The summed E-state index contributed by atoms with van der Waals surface area (Å²) in [6.45, 7) is 10.5. The third-order valence-electron chi connectivity index (χ3n) is 1.35. The van der Waals surface area contributed by atoms with Gasteiger partial charge in [0.25, 0.3) is 0 Å². The number of hydrogen-bond acceptors (Lipinski definition) is 1. The van der Waals surface area contributed by atoms with Crippen LogP contribution in [0.25, 0.3) is 0 Å². The lowest BCUT2D eigenvalue weighted by atomic mass is 10.2. The van der Waals surface area contributed by atoms with Crippen molar-refractivity contribution in [2.45, 2.75) is 46.7 Å². The van der Waals surface area contributed by atoms with Crippen molar-refractivity contribution in [1.82, 2.24) is 4.90 Å². The van der Waals surface area contributed by atoms with Gasteiger partial charge in [0.15, 0.2) is 0 Å². The molecular formula is C9H17N. The molecule has 0 amide bonds. The van der Waals surface area contributed by atoms with Crippen LogP contribution in [0, 0.1) is 12.0 Å². The molecule has 0 unspecified atom stereocenters. The molecule has 0 radical (unpaired) electrons. The van der Waals surface area contributed by atoms with Gasteiger partial charge in [0.2, 0.25) is 0 Å². The van der Waals surface area contributed by atoms with E-state index >= 15 is 0 Å². The third-order valence-corrected chi connectivity index (χ3v) is 1.35. The highest BCUT2D eigenvalue weighted by molar-refractivity contribution is 4.97. The fourth-order valence-electron chi connectivity index (χ4n) is 0.984. The SMILES string of the molecule is CC#CN(C(C)C)C(C)C. The molecule has 1 heteroatoms. The highest BCUT2D eigenvalue weighted by atomic mass is 15.1. The average Bonchev–Trinajstić information content (AvgIpc) is 1.81. The summed E-state index contributed by atoms with van der Waals surface area (Å²) >= 11 is 0. The van der Waals surface area contributed by atoms with Crippen LogP contribution in [-0.4, -0.2) is 17.0 Å². The van der Waals surface area contributed by atoms with E-state index in [0.29, 0.717) is 12.1 Å². The molecule has 0 aliphatic carbocycles. The van der Waals surface area contributed by atoms with Gasteiger partial charge in [0.1, 0.15) is 0 Å². The zero-order valence-electron chi connectivity index (χ0n) is 7.60. The molecule has 0 bridgehead atoms. The highest BCUT2D eigenvalue weighted by Crippen LogP contribution is 2.01. The largest absolute Gasteiger partial charge is 0.328 e. The molecule has 0 aromatic carbocycles. The first-order valence-corrected chi connectivity index (χ1v) is 3.80. The second kappa shape index (κ2) is 4.22. The van der Waals surface area contributed by atoms with Crippen molar-refractivity contribution in [2.75, 3.05) is 0 Å². The maximum absolute atomic E-state index is 3.06. The fraction of sp³-hybridized carbons (Fsp3) is 0.778. The second-order valence-corrected chi connectivity index (χ2v) is 2.96. The first-order chi connectivity index (χ1) is 4.59. The lowest BCUT2D eigenvalue weighted by Gasteiger charge is -2.25. The molecule has 58 valence electrons. The summed E-state index contributed by atoms with van der Waals surface area (Å²) in [7, 11) is 0. The summed E-state index contributed by atoms with van der Waals surface area (Å²) < 4.78 is 0. The Kier molecular flexibility index (Phi) is 3.95. The van der Waals surface area contributed by atoms with Crippen LogP contribution in [0.15, 0.2) is 0 Å². The van der Waals surface area contributed by atoms with Gasteiger partial charge < -0.3 is 4.90 Å². The summed E-state index contributed by atoms with van der Waals surface area (Å²) in [6.07, 6.45) is 0. The van der Waals surface area contributed by atoms with Crippen LogP contribution in [0.5, 0.6) is 0 Å². The summed E-state index contributed by atoms with van der Waals surface area (Å²) in [4.78, 5) is 2.15. The highest BCUT2D eigenvalue weighted by Gasteiger charge is 2.07. The maximum atomic E-state index is 3.06. The molecule has 0 spiro atoms. The summed E-state index contributed by atoms with van der Waals surface area (Å²) in [5.74, 6) is 2.91. The molecule has 0 heterocycles. The Labute approximate surface area is 64.4 Å². The van der Waals surface area contributed by atoms with Crippen LogP contribution in [0.3, 0.4) is 0 Å². The first-order valence-electron chi connectivity index (χ1n) is 3.80. The van der Waals surface area contributed by atoms with Crippen molar-refractivity contribution in [1.29, 1.82) is 0 Å². The summed E-state index contributed by atoms with van der Waals surface area (Å²) in [5, 5.41) is 0. The Morgan fingerprint density at radius 2 is 1.40 bits per heavy atom. The predicted octanol–water partition coefficient (Wildman–Crippen LogP) is 2.09. The molecule has 0 aliphatic heterocycles. The first kappa shape index (κ1) is 9.36. The fourth-order valence-corrected chi connectivity index (χ4v) is 0.984. The zero-order chi connectivity index (χ0) is 8.15. The van der Waals surface area contributed by atoms with Crippen LogP contribution >= 0.6 is 0 Å². The predicted molar refractivity (Wildman–Crippen MR) is 45.6 cm³/mol. The Balaban J connectivity index is 4.07. The molecule has 0 rings (SSSR count). The van der Waals surface area contributed by atoms with Gasteiger partial charge in [0.05, 0.1) is 0 Å². The lowest BCUT2D eigenvalue weighted by Crippen LogP contribution is -2.32. The maximum Gasteiger partial charge on any atom is 0.0317 e. The summed E-state index contributed by atoms with van der Waals surface area (Å²) in [5.41, 5.74) is 0. The van der Waals surface area contributed by atoms with E-state index in [1.165, 1.54) is 0 Å². The van der Waals surface area contributed by atoms with Crippen LogP contribution < -0.4 is 0 Å². The van der Waals surface area contributed by atoms with Crippen molar-refractivity contribution < 1.29 is 0 Å². The molecule has 0 saturated heterocycles. The average molecular weight is 139 g/mol. The van der Waals surface area contributed by atoms with Crippen molar-refractivity contribution in [3.8, 4) is 12.0 Å². The molecule has 1 nitrogen and oxygen atoms in total. The Morgan fingerprint density at radius 3 is 1.50 bits per heavy atom. The van der Waals surface area contributed by atoms with Crippen LogP contribution in [0.4, 0.5) is 0 Å². The van der Waals surface area contributed by atoms with Gasteiger partial charge in [0, 0.05) is 18.1 Å². The van der Waals surface area contributed by atoms with E-state index in [4.69, 9.17) is 0 Å². The van der Waals surface area contributed by atoms with Gasteiger partial charge in [-0.1, -0.05) is 5.92 Å². The molecule has 0 atom stereocenters. The summed E-state index contributed by atoms with van der Waals surface area (Å²) in [6, 6.07) is 4.11. The Hall–Kier alpha value is -0.640. The Morgan fingerprint density at radius 1 is 1.00 bits per heavy atom. The van der Waals surface area contributed by atoms with E-state index in [1.807, 2.05) is 6.92 Å².